The van der Waals surface area contributed by atoms with Gasteiger partial charge in [-0.3, -0.25) is 4.79 Å². The summed E-state index contributed by atoms with van der Waals surface area (Å²) in [6, 6.07) is 20.3. The Hall–Kier alpha value is -2.35. The molecule has 0 spiro atoms. The highest BCUT2D eigenvalue weighted by Crippen LogP contribution is 2.21. The van der Waals surface area contributed by atoms with Crippen molar-refractivity contribution < 1.29 is 0 Å². The number of fused-ring (bicyclic) bond motifs is 1. The van der Waals surface area contributed by atoms with Crippen LogP contribution >= 0.6 is 0 Å². The minimum atomic E-state index is -0.198. The van der Waals surface area contributed by atoms with E-state index in [1.54, 1.807) is 6.07 Å². The van der Waals surface area contributed by atoms with Crippen LogP contribution in [0.4, 0.5) is 0 Å². The zero-order valence-electron chi connectivity index (χ0n) is 9.10. The second kappa shape index (κ2) is 3.91. The molecule has 2 nitrogen and oxygen atoms in total. The molecule has 0 fully saturated rings. The molecule has 0 aliphatic rings. The van der Waals surface area contributed by atoms with Crippen molar-refractivity contribution >= 4 is 10.8 Å². The van der Waals surface area contributed by atoms with Crippen LogP contribution in [0.1, 0.15) is 0 Å². The van der Waals surface area contributed by atoms with Gasteiger partial charge in [-0.2, -0.15) is 0 Å². The molecule has 0 aliphatic heterocycles. The van der Waals surface area contributed by atoms with Crippen LogP contribution in [0, 0.1) is 6.07 Å². The van der Waals surface area contributed by atoms with E-state index in [0.717, 1.165) is 11.3 Å². The predicted octanol–water partition coefficient (Wildman–Crippen LogP) is 3.00. The Labute approximate surface area is 98.6 Å². The maximum Gasteiger partial charge on any atom is 0.256 e. The Kier molecular flexibility index (Phi) is 2.26. The van der Waals surface area contributed by atoms with Gasteiger partial charge in [-0.1, -0.05) is 36.4 Å². The van der Waals surface area contributed by atoms with E-state index in [1.807, 2.05) is 24.3 Å². The molecule has 0 amide bonds. The molecule has 17 heavy (non-hydrogen) atoms. The minimum absolute atomic E-state index is 0.198. The van der Waals surface area contributed by atoms with Crippen molar-refractivity contribution in [2.24, 2.45) is 0 Å². The monoisotopic (exact) mass is 220 g/mol. The fourth-order valence-electron chi connectivity index (χ4n) is 1.93. The summed E-state index contributed by atoms with van der Waals surface area (Å²) in [7, 11) is 0. The molecular formula is C15H10NO. The Morgan fingerprint density at radius 2 is 1.76 bits per heavy atom. The molecule has 1 radical (unpaired) electrons. The molecule has 0 aliphatic carbocycles. The van der Waals surface area contributed by atoms with Crippen molar-refractivity contribution in [1.82, 2.24) is 4.98 Å². The van der Waals surface area contributed by atoms with Crippen molar-refractivity contribution in [2.75, 3.05) is 0 Å². The van der Waals surface area contributed by atoms with Gasteiger partial charge >= 0.3 is 0 Å². The molecule has 0 saturated heterocycles. The summed E-state index contributed by atoms with van der Waals surface area (Å²) in [6.07, 6.45) is 0. The number of pyridine rings is 1. The first-order valence-corrected chi connectivity index (χ1v) is 5.43. The molecule has 2 heteroatoms. The van der Waals surface area contributed by atoms with Gasteiger partial charge in [0.2, 0.25) is 0 Å². The summed E-state index contributed by atoms with van der Waals surface area (Å²) >= 11 is 0. The van der Waals surface area contributed by atoms with Crippen LogP contribution in [0.5, 0.6) is 0 Å². The topological polar surface area (TPSA) is 32.9 Å². The quantitative estimate of drug-likeness (QED) is 0.671. The summed E-state index contributed by atoms with van der Waals surface area (Å²) in [5.41, 5.74) is 1.63. The van der Waals surface area contributed by atoms with E-state index in [4.69, 9.17) is 0 Å². The van der Waals surface area contributed by atoms with Crippen LogP contribution in [0.25, 0.3) is 22.0 Å². The normalized spacial score (nSPS) is 10.6. The number of H-pyrrole nitrogens is 1. The summed E-state index contributed by atoms with van der Waals surface area (Å²) in [4.78, 5) is 14.0. The van der Waals surface area contributed by atoms with Gasteiger partial charge in [-0.05, 0) is 34.5 Å². The second-order valence-electron chi connectivity index (χ2n) is 3.91. The lowest BCUT2D eigenvalue weighted by atomic mass is 10.0. The van der Waals surface area contributed by atoms with E-state index in [2.05, 4.69) is 35.3 Å². The molecular weight excluding hydrogens is 210 g/mol. The summed E-state index contributed by atoms with van der Waals surface area (Å²) in [5, 5.41) is 2.36. The van der Waals surface area contributed by atoms with E-state index in [1.165, 1.54) is 10.8 Å². The van der Waals surface area contributed by atoms with Crippen LogP contribution in [0.2, 0.25) is 0 Å². The van der Waals surface area contributed by atoms with E-state index < -0.39 is 0 Å². The smallest absolute Gasteiger partial charge is 0.256 e. The predicted molar refractivity (Wildman–Crippen MR) is 68.8 cm³/mol. The Balaban J connectivity index is 2.21. The number of benzene rings is 2. The molecule has 81 valence electrons. The molecule has 0 atom stereocenters. The van der Waals surface area contributed by atoms with Gasteiger partial charge in [-0.25, -0.2) is 0 Å². The number of aromatic nitrogens is 1. The van der Waals surface area contributed by atoms with Crippen molar-refractivity contribution in [3.63, 3.8) is 0 Å². The highest BCUT2D eigenvalue weighted by molar-refractivity contribution is 5.86. The minimum Gasteiger partial charge on any atom is -0.321 e. The van der Waals surface area contributed by atoms with Gasteiger partial charge < -0.3 is 4.98 Å². The number of aromatic amines is 1. The lowest BCUT2D eigenvalue weighted by molar-refractivity contribution is 1.24. The fraction of sp³-hybridized carbons (Fsp3) is 0. The number of rotatable bonds is 1. The third kappa shape index (κ3) is 1.85. The maximum atomic E-state index is 11.2. The molecule has 3 aromatic rings. The zero-order valence-corrected chi connectivity index (χ0v) is 9.10. The fourth-order valence-corrected chi connectivity index (χ4v) is 1.93. The van der Waals surface area contributed by atoms with E-state index in [9.17, 15) is 4.79 Å². The van der Waals surface area contributed by atoms with Gasteiger partial charge in [0, 0.05) is 5.69 Å². The number of nitrogens with one attached hydrogen (secondary N) is 1. The average molecular weight is 220 g/mol. The Bertz CT molecular complexity index is 728. The Morgan fingerprint density at radius 3 is 2.59 bits per heavy atom. The largest absolute Gasteiger partial charge is 0.321 e. The highest BCUT2D eigenvalue weighted by Gasteiger charge is 1.99. The van der Waals surface area contributed by atoms with Crippen LogP contribution in [0.15, 0.2) is 59.4 Å². The molecule has 0 unspecified atom stereocenters. The van der Waals surface area contributed by atoms with Gasteiger partial charge in [-0.15, -0.1) is 0 Å². The summed E-state index contributed by atoms with van der Waals surface area (Å²) in [6.45, 7) is 0. The third-order valence-corrected chi connectivity index (χ3v) is 2.77. The van der Waals surface area contributed by atoms with Crippen molar-refractivity contribution in [1.29, 1.82) is 0 Å². The van der Waals surface area contributed by atoms with Crippen LogP contribution in [-0.4, -0.2) is 4.98 Å². The SMILES string of the molecule is O=c1[c]ccc(-c2ccc3ccccc3c2)[nH]1. The molecule has 2 aromatic carbocycles. The molecule has 1 aromatic heterocycles. The van der Waals surface area contributed by atoms with Gasteiger partial charge in [0.25, 0.3) is 5.56 Å². The lowest BCUT2D eigenvalue weighted by Gasteiger charge is -2.03. The molecule has 1 heterocycles. The van der Waals surface area contributed by atoms with Crippen molar-refractivity contribution in [3.05, 3.63) is 71.0 Å². The van der Waals surface area contributed by atoms with Gasteiger partial charge in [0.1, 0.15) is 0 Å². The number of hydrogen-bond donors (Lipinski definition) is 1. The molecule has 1 N–H and O–H groups in total. The third-order valence-electron chi connectivity index (χ3n) is 2.77. The Morgan fingerprint density at radius 1 is 0.941 bits per heavy atom. The highest BCUT2D eigenvalue weighted by atomic mass is 16.1. The average Bonchev–Trinajstić information content (AvgIpc) is 2.38. The van der Waals surface area contributed by atoms with Gasteiger partial charge in [0.05, 0.1) is 6.07 Å². The van der Waals surface area contributed by atoms with E-state index in [0.29, 0.717) is 0 Å². The number of hydrogen-bond acceptors (Lipinski definition) is 1. The van der Waals surface area contributed by atoms with Crippen LogP contribution in [-0.2, 0) is 0 Å². The second-order valence-corrected chi connectivity index (χ2v) is 3.91. The summed E-state index contributed by atoms with van der Waals surface area (Å²) in [5.74, 6) is 0. The zero-order chi connectivity index (χ0) is 11.7. The lowest BCUT2D eigenvalue weighted by Crippen LogP contribution is -2.04. The maximum absolute atomic E-state index is 11.2. The van der Waals surface area contributed by atoms with Gasteiger partial charge in [0.15, 0.2) is 0 Å². The molecule has 3 rings (SSSR count). The standard InChI is InChI=1S/C15H10NO/c17-15-7-3-6-14(16-15)13-9-8-11-4-1-2-5-12(11)10-13/h1-6,8-10H,(H,16,17). The van der Waals surface area contributed by atoms with Crippen molar-refractivity contribution in [2.45, 2.75) is 0 Å². The molecule has 0 saturated carbocycles. The van der Waals surface area contributed by atoms with Crippen LogP contribution in [0.3, 0.4) is 0 Å². The first kappa shape index (κ1) is 9.85. The van der Waals surface area contributed by atoms with Crippen LogP contribution < -0.4 is 5.56 Å². The first-order chi connectivity index (χ1) is 8.33. The molecule has 0 bridgehead atoms. The van der Waals surface area contributed by atoms with E-state index in [-0.39, 0.29) is 5.56 Å². The van der Waals surface area contributed by atoms with E-state index >= 15 is 0 Å². The summed E-state index contributed by atoms with van der Waals surface area (Å²) < 4.78 is 0. The van der Waals surface area contributed by atoms with Crippen molar-refractivity contribution in [3.8, 4) is 11.3 Å². The first-order valence-electron chi connectivity index (χ1n) is 5.43.